The Balaban J connectivity index is 1.42. The topological polar surface area (TPSA) is 125 Å². The molecule has 0 saturated heterocycles. The first kappa shape index (κ1) is 21.0. The number of carbonyl (C=O) groups excluding carboxylic acids is 1. The summed E-state index contributed by atoms with van der Waals surface area (Å²) in [7, 11) is 0. The van der Waals surface area contributed by atoms with Gasteiger partial charge < -0.3 is 9.73 Å². The molecule has 0 spiro atoms. The van der Waals surface area contributed by atoms with Crippen molar-refractivity contribution in [2.45, 2.75) is 26.3 Å². The molecule has 0 aliphatic rings. The molecule has 0 bridgehead atoms. The van der Waals surface area contributed by atoms with Crippen LogP contribution in [-0.4, -0.2) is 25.2 Å². The van der Waals surface area contributed by atoms with E-state index >= 15 is 0 Å². The zero-order valence-electron chi connectivity index (χ0n) is 16.9. The molecule has 1 N–H and O–H groups in total. The first-order valence-corrected chi connectivity index (χ1v) is 9.72. The zero-order chi connectivity index (χ0) is 22.8. The van der Waals surface area contributed by atoms with Gasteiger partial charge in [-0.25, -0.2) is 13.9 Å². The van der Waals surface area contributed by atoms with Crippen LogP contribution in [0.15, 0.2) is 57.7 Å². The van der Waals surface area contributed by atoms with Crippen molar-refractivity contribution in [2.24, 2.45) is 0 Å². The van der Waals surface area contributed by atoms with Crippen LogP contribution in [0.1, 0.15) is 18.5 Å². The van der Waals surface area contributed by atoms with Crippen molar-refractivity contribution in [1.29, 1.82) is 0 Å². The Bertz CT molecular complexity index is 1370. The smallest absolute Gasteiger partial charge is 0.407 e. The number of aromatic nitrogens is 3. The summed E-state index contributed by atoms with van der Waals surface area (Å²) in [5.74, 6) is -0.868. The number of halogens is 1. The molecule has 0 saturated carbocycles. The van der Waals surface area contributed by atoms with Gasteiger partial charge in [0.25, 0.3) is 5.69 Å². The van der Waals surface area contributed by atoms with Crippen LogP contribution in [0.25, 0.3) is 16.8 Å². The molecule has 0 unspecified atom stereocenters. The molecule has 2 heterocycles. The first-order valence-electron chi connectivity index (χ1n) is 9.72. The first-order chi connectivity index (χ1) is 15.3. The van der Waals surface area contributed by atoms with Crippen LogP contribution < -0.4 is 11.1 Å². The summed E-state index contributed by atoms with van der Waals surface area (Å²) in [5, 5.41) is 18.0. The monoisotopic (exact) mass is 439 g/mol. The normalized spacial score (nSPS) is 11.1. The van der Waals surface area contributed by atoms with Crippen molar-refractivity contribution < 1.29 is 18.5 Å². The van der Waals surface area contributed by atoms with E-state index in [1.165, 1.54) is 39.6 Å². The van der Waals surface area contributed by atoms with Gasteiger partial charge in [0, 0.05) is 25.1 Å². The van der Waals surface area contributed by atoms with E-state index < -0.39 is 10.7 Å². The van der Waals surface area contributed by atoms with Crippen LogP contribution in [0.2, 0.25) is 0 Å². The molecule has 32 heavy (non-hydrogen) atoms. The lowest BCUT2D eigenvalue weighted by Crippen LogP contribution is -2.18. The summed E-state index contributed by atoms with van der Waals surface area (Å²) in [4.78, 5) is 34.9. The number of nitro groups is 1. The highest BCUT2D eigenvalue weighted by molar-refractivity contribution is 5.90. The fraction of sp³-hybridized carbons (Fsp3) is 0.190. The predicted molar refractivity (Wildman–Crippen MR) is 113 cm³/mol. The minimum absolute atomic E-state index is 0.111. The fourth-order valence-electron chi connectivity index (χ4n) is 3.35. The Morgan fingerprint density at radius 2 is 1.97 bits per heavy atom. The third kappa shape index (κ3) is 4.26. The molecule has 4 aromatic rings. The predicted octanol–water partition coefficient (Wildman–Crippen LogP) is 3.55. The van der Waals surface area contributed by atoms with Crippen LogP contribution in [-0.2, 0) is 11.3 Å². The molecule has 11 heteroatoms. The number of nitro benzene ring substituents is 1. The zero-order valence-corrected chi connectivity index (χ0v) is 16.9. The number of non-ortho nitro benzene ring substituents is 1. The van der Waals surface area contributed by atoms with E-state index in [0.29, 0.717) is 29.1 Å². The van der Waals surface area contributed by atoms with Gasteiger partial charge in [0.2, 0.25) is 5.91 Å². The SMILES string of the molecule is Cc1cc(NC(=O)CCCn2c(=O)oc3cc([N+](=O)[O-])ccc32)n(-c2ccc(F)cc2)n1. The van der Waals surface area contributed by atoms with Gasteiger partial charge in [-0.05, 0) is 43.7 Å². The Morgan fingerprint density at radius 1 is 1.22 bits per heavy atom. The summed E-state index contributed by atoms with van der Waals surface area (Å²) >= 11 is 0. The Kier molecular flexibility index (Phi) is 5.54. The number of hydrogen-bond acceptors (Lipinski definition) is 6. The number of nitrogens with one attached hydrogen (secondary N) is 1. The molecule has 10 nitrogen and oxygen atoms in total. The van der Waals surface area contributed by atoms with Crippen LogP contribution in [0.5, 0.6) is 0 Å². The van der Waals surface area contributed by atoms with Crippen LogP contribution >= 0.6 is 0 Å². The van der Waals surface area contributed by atoms with E-state index in [0.717, 1.165) is 0 Å². The highest BCUT2D eigenvalue weighted by Crippen LogP contribution is 2.21. The number of aryl methyl sites for hydroxylation is 2. The minimum Gasteiger partial charge on any atom is -0.407 e. The summed E-state index contributed by atoms with van der Waals surface area (Å²) in [5.41, 5.74) is 1.64. The van der Waals surface area contributed by atoms with Crippen LogP contribution in [0.4, 0.5) is 15.9 Å². The maximum atomic E-state index is 13.2. The molecule has 164 valence electrons. The molecule has 0 fully saturated rings. The second kappa shape index (κ2) is 8.46. The molecule has 4 rings (SSSR count). The lowest BCUT2D eigenvalue weighted by molar-refractivity contribution is -0.384. The van der Waals surface area contributed by atoms with Crippen LogP contribution in [0, 0.1) is 22.9 Å². The van der Waals surface area contributed by atoms with E-state index in [1.807, 2.05) is 0 Å². The van der Waals surface area contributed by atoms with Gasteiger partial charge in [0.15, 0.2) is 5.58 Å². The number of nitrogens with zero attached hydrogens (tertiary/aromatic N) is 4. The van der Waals surface area contributed by atoms with E-state index in [-0.39, 0.29) is 36.0 Å². The largest absolute Gasteiger partial charge is 0.419 e. The van der Waals surface area contributed by atoms with Crippen LogP contribution in [0.3, 0.4) is 0 Å². The quantitative estimate of drug-likeness (QED) is 0.347. The lowest BCUT2D eigenvalue weighted by atomic mass is 10.2. The molecule has 0 aliphatic carbocycles. The summed E-state index contributed by atoms with van der Waals surface area (Å²) in [6.07, 6.45) is 0.445. The van der Waals surface area contributed by atoms with Crippen molar-refractivity contribution in [1.82, 2.24) is 14.3 Å². The van der Waals surface area contributed by atoms with Gasteiger partial charge in [0.1, 0.15) is 11.6 Å². The Labute approximate surface area is 180 Å². The lowest BCUT2D eigenvalue weighted by Gasteiger charge is -2.09. The molecule has 1 amide bonds. The number of carbonyl (C=O) groups is 1. The van der Waals surface area contributed by atoms with Crippen molar-refractivity contribution in [3.8, 4) is 5.69 Å². The number of hydrogen-bond donors (Lipinski definition) is 1. The standard InChI is InChI=1S/C21H18FN5O5/c1-13-11-19(26(24-13)15-6-4-14(22)5-7-15)23-20(28)3-2-10-25-17-9-8-16(27(30)31)12-18(17)32-21(25)29/h4-9,11-12H,2-3,10H2,1H3,(H,23,28). The van der Waals surface area contributed by atoms with E-state index in [1.54, 1.807) is 25.1 Å². The number of oxazole rings is 1. The van der Waals surface area contributed by atoms with Gasteiger partial charge in [-0.1, -0.05) is 0 Å². The molecule has 2 aromatic heterocycles. The third-order valence-corrected chi connectivity index (χ3v) is 4.82. The van der Waals surface area contributed by atoms with Crippen molar-refractivity contribution in [3.63, 3.8) is 0 Å². The second-order valence-corrected chi connectivity index (χ2v) is 7.14. The van der Waals surface area contributed by atoms with Crippen molar-refractivity contribution in [3.05, 3.63) is 80.7 Å². The van der Waals surface area contributed by atoms with Gasteiger partial charge in [-0.3, -0.25) is 19.5 Å². The molecule has 2 aromatic carbocycles. The van der Waals surface area contributed by atoms with Gasteiger partial charge in [0.05, 0.1) is 27.9 Å². The van der Waals surface area contributed by atoms with Gasteiger partial charge >= 0.3 is 5.76 Å². The molecular formula is C21H18FN5O5. The maximum absolute atomic E-state index is 13.2. The van der Waals surface area contributed by atoms with E-state index in [2.05, 4.69) is 10.4 Å². The summed E-state index contributed by atoms with van der Waals surface area (Å²) in [6.45, 7) is 1.98. The molecule has 0 radical (unpaired) electrons. The minimum atomic E-state index is -0.647. The van der Waals surface area contributed by atoms with Gasteiger partial charge in [-0.2, -0.15) is 5.10 Å². The summed E-state index contributed by atoms with van der Waals surface area (Å²) < 4.78 is 21.1. The number of fused-ring (bicyclic) bond motifs is 1. The average Bonchev–Trinajstić information content (AvgIpc) is 3.26. The highest BCUT2D eigenvalue weighted by atomic mass is 19.1. The average molecular weight is 439 g/mol. The van der Waals surface area contributed by atoms with E-state index in [4.69, 9.17) is 4.42 Å². The number of benzene rings is 2. The number of amides is 1. The highest BCUT2D eigenvalue weighted by Gasteiger charge is 2.15. The number of anilines is 1. The summed E-state index contributed by atoms with van der Waals surface area (Å²) in [6, 6.07) is 11.3. The van der Waals surface area contributed by atoms with Crippen molar-refractivity contribution >= 4 is 28.5 Å². The molecule has 0 aliphatic heterocycles. The molecular weight excluding hydrogens is 421 g/mol. The third-order valence-electron chi connectivity index (χ3n) is 4.82. The maximum Gasteiger partial charge on any atom is 0.419 e. The Morgan fingerprint density at radius 3 is 2.69 bits per heavy atom. The van der Waals surface area contributed by atoms with Gasteiger partial charge in [-0.15, -0.1) is 0 Å². The van der Waals surface area contributed by atoms with E-state index in [9.17, 15) is 24.1 Å². The second-order valence-electron chi connectivity index (χ2n) is 7.14. The molecule has 0 atom stereocenters. The fourth-order valence-corrected chi connectivity index (χ4v) is 3.35. The number of rotatable bonds is 7. The van der Waals surface area contributed by atoms with Crippen molar-refractivity contribution in [2.75, 3.05) is 5.32 Å². The Hall–Kier alpha value is -4.28.